The first-order chi connectivity index (χ1) is 10.1. The molecule has 1 aromatic carbocycles. The van der Waals surface area contributed by atoms with Crippen molar-refractivity contribution in [1.82, 2.24) is 15.5 Å². The number of phenols is 2. The van der Waals surface area contributed by atoms with Crippen LogP contribution in [0.25, 0.3) is 0 Å². The van der Waals surface area contributed by atoms with Crippen LogP contribution in [0.5, 0.6) is 11.5 Å². The molecule has 114 valence electrons. The zero-order valence-corrected chi connectivity index (χ0v) is 11.8. The van der Waals surface area contributed by atoms with Gasteiger partial charge in [-0.15, -0.1) is 0 Å². The third-order valence-corrected chi connectivity index (χ3v) is 3.39. The molecule has 21 heavy (non-hydrogen) atoms. The minimum atomic E-state index is -0.662. The van der Waals surface area contributed by atoms with Crippen molar-refractivity contribution in [3.8, 4) is 11.5 Å². The van der Waals surface area contributed by atoms with Gasteiger partial charge < -0.3 is 25.7 Å². The van der Waals surface area contributed by atoms with Crippen molar-refractivity contribution in [2.45, 2.75) is 13.0 Å². The highest BCUT2D eigenvalue weighted by molar-refractivity contribution is 6.01. The Labute approximate surface area is 122 Å². The fourth-order valence-corrected chi connectivity index (χ4v) is 2.36. The summed E-state index contributed by atoms with van der Waals surface area (Å²) in [4.78, 5) is 26.0. The third kappa shape index (κ3) is 3.08. The van der Waals surface area contributed by atoms with Crippen molar-refractivity contribution in [2.75, 3.05) is 26.2 Å². The Morgan fingerprint density at radius 2 is 2.05 bits per heavy atom. The lowest BCUT2D eigenvalue weighted by molar-refractivity contribution is -0.126. The van der Waals surface area contributed by atoms with Crippen LogP contribution < -0.4 is 10.6 Å². The summed E-state index contributed by atoms with van der Waals surface area (Å²) in [5.74, 6) is -1.40. The highest BCUT2D eigenvalue weighted by atomic mass is 16.3. The van der Waals surface area contributed by atoms with Crippen LogP contribution in [0.4, 0.5) is 0 Å². The molecule has 1 fully saturated rings. The van der Waals surface area contributed by atoms with Crippen LogP contribution in [0.1, 0.15) is 17.3 Å². The van der Waals surface area contributed by atoms with Crippen LogP contribution in [-0.2, 0) is 4.79 Å². The number of amides is 2. The molecule has 0 spiro atoms. The average Bonchev–Trinajstić information content (AvgIpc) is 2.47. The first-order valence-electron chi connectivity index (χ1n) is 6.86. The van der Waals surface area contributed by atoms with E-state index >= 15 is 0 Å². The topological polar surface area (TPSA) is 102 Å². The number of nitrogens with zero attached hydrogens (tertiary/aromatic N) is 1. The molecule has 1 aliphatic heterocycles. The van der Waals surface area contributed by atoms with Gasteiger partial charge in [0.2, 0.25) is 5.91 Å². The van der Waals surface area contributed by atoms with E-state index in [1.807, 2.05) is 0 Å². The van der Waals surface area contributed by atoms with Crippen molar-refractivity contribution in [3.05, 3.63) is 23.8 Å². The predicted molar refractivity (Wildman–Crippen MR) is 76.1 cm³/mol. The van der Waals surface area contributed by atoms with Gasteiger partial charge in [0.1, 0.15) is 23.1 Å². The molecule has 1 saturated heterocycles. The standard InChI is InChI=1S/C14H19N3O4/c1-2-16-13(20)9-8-15-6-7-17(9)14(21)12-10(18)4-3-5-11(12)19/h3-5,9,15,18-19H,2,6-8H2,1H3,(H,16,20). The molecular weight excluding hydrogens is 274 g/mol. The van der Waals surface area contributed by atoms with Gasteiger partial charge in [-0.25, -0.2) is 0 Å². The number of aromatic hydroxyl groups is 2. The second-order valence-electron chi connectivity index (χ2n) is 4.78. The lowest BCUT2D eigenvalue weighted by atomic mass is 10.1. The Kier molecular flexibility index (Phi) is 4.64. The molecular formula is C14H19N3O4. The maximum Gasteiger partial charge on any atom is 0.262 e. The van der Waals surface area contributed by atoms with Crippen LogP contribution >= 0.6 is 0 Å². The van der Waals surface area contributed by atoms with Crippen LogP contribution in [0.15, 0.2) is 18.2 Å². The van der Waals surface area contributed by atoms with E-state index in [0.29, 0.717) is 26.2 Å². The Hall–Kier alpha value is -2.28. The molecule has 2 amide bonds. The molecule has 0 radical (unpaired) electrons. The molecule has 1 aromatic rings. The monoisotopic (exact) mass is 293 g/mol. The number of hydrogen-bond donors (Lipinski definition) is 4. The number of carbonyl (C=O) groups is 2. The highest BCUT2D eigenvalue weighted by Crippen LogP contribution is 2.28. The number of rotatable bonds is 3. The van der Waals surface area contributed by atoms with E-state index in [1.165, 1.54) is 23.1 Å². The molecule has 0 saturated carbocycles. The van der Waals surface area contributed by atoms with E-state index in [2.05, 4.69) is 10.6 Å². The molecule has 4 N–H and O–H groups in total. The Balaban J connectivity index is 2.29. The Bertz CT molecular complexity index is 527. The summed E-state index contributed by atoms with van der Waals surface area (Å²) < 4.78 is 0. The zero-order chi connectivity index (χ0) is 15.4. The van der Waals surface area contributed by atoms with Gasteiger partial charge in [-0.2, -0.15) is 0 Å². The number of carbonyl (C=O) groups excluding carboxylic acids is 2. The van der Waals surface area contributed by atoms with Crippen molar-refractivity contribution >= 4 is 11.8 Å². The number of phenolic OH excluding ortho intramolecular Hbond substituents is 2. The fraction of sp³-hybridized carbons (Fsp3) is 0.429. The summed E-state index contributed by atoms with van der Waals surface area (Å²) in [5.41, 5.74) is -0.173. The summed E-state index contributed by atoms with van der Waals surface area (Å²) in [6.07, 6.45) is 0. The van der Waals surface area contributed by atoms with Crippen LogP contribution in [-0.4, -0.2) is 59.1 Å². The summed E-state index contributed by atoms with van der Waals surface area (Å²) in [6.45, 7) is 3.49. The molecule has 1 aliphatic rings. The van der Waals surface area contributed by atoms with Gasteiger partial charge in [-0.05, 0) is 19.1 Å². The largest absolute Gasteiger partial charge is 0.507 e. The number of piperazine rings is 1. The molecule has 1 unspecified atom stereocenters. The first-order valence-corrected chi connectivity index (χ1v) is 6.86. The van der Waals surface area contributed by atoms with Gasteiger partial charge in [-0.1, -0.05) is 6.07 Å². The third-order valence-electron chi connectivity index (χ3n) is 3.39. The van der Waals surface area contributed by atoms with Crippen molar-refractivity contribution in [1.29, 1.82) is 0 Å². The van der Waals surface area contributed by atoms with Crippen LogP contribution in [0.3, 0.4) is 0 Å². The number of likely N-dealkylation sites (N-methyl/N-ethyl adjacent to an activating group) is 1. The lowest BCUT2D eigenvalue weighted by Crippen LogP contribution is -2.59. The Morgan fingerprint density at radius 3 is 2.67 bits per heavy atom. The van der Waals surface area contributed by atoms with E-state index in [-0.39, 0.29) is 23.0 Å². The molecule has 0 aromatic heterocycles. The first kappa shape index (κ1) is 15.1. The number of hydrogen-bond acceptors (Lipinski definition) is 5. The SMILES string of the molecule is CCNC(=O)C1CNCCN1C(=O)c1c(O)cccc1O. The molecule has 1 heterocycles. The summed E-state index contributed by atoms with van der Waals surface area (Å²) >= 11 is 0. The van der Waals surface area contributed by atoms with Gasteiger partial charge in [0.05, 0.1) is 0 Å². The maximum atomic E-state index is 12.6. The van der Waals surface area contributed by atoms with Gasteiger partial charge in [0.25, 0.3) is 5.91 Å². The van der Waals surface area contributed by atoms with Gasteiger partial charge in [0.15, 0.2) is 0 Å². The minimum absolute atomic E-state index is 0.173. The summed E-state index contributed by atoms with van der Waals surface area (Å²) in [7, 11) is 0. The van der Waals surface area contributed by atoms with Crippen molar-refractivity contribution < 1.29 is 19.8 Å². The molecule has 7 heteroatoms. The predicted octanol–water partition coefficient (Wildman–Crippen LogP) is -0.352. The minimum Gasteiger partial charge on any atom is -0.507 e. The quantitative estimate of drug-likeness (QED) is 0.610. The molecule has 1 atom stereocenters. The molecule has 7 nitrogen and oxygen atoms in total. The Morgan fingerprint density at radius 1 is 1.38 bits per heavy atom. The second kappa shape index (κ2) is 6.45. The van der Waals surface area contributed by atoms with E-state index in [1.54, 1.807) is 6.92 Å². The van der Waals surface area contributed by atoms with Gasteiger partial charge in [-0.3, -0.25) is 9.59 Å². The number of nitrogens with one attached hydrogen (secondary N) is 2. The van der Waals surface area contributed by atoms with E-state index < -0.39 is 11.9 Å². The van der Waals surface area contributed by atoms with Gasteiger partial charge in [0, 0.05) is 26.2 Å². The van der Waals surface area contributed by atoms with E-state index in [4.69, 9.17) is 0 Å². The smallest absolute Gasteiger partial charge is 0.262 e. The second-order valence-corrected chi connectivity index (χ2v) is 4.78. The van der Waals surface area contributed by atoms with Crippen LogP contribution in [0.2, 0.25) is 0 Å². The fourth-order valence-electron chi connectivity index (χ4n) is 2.36. The summed E-state index contributed by atoms with van der Waals surface area (Å²) in [6, 6.07) is 3.44. The maximum absolute atomic E-state index is 12.6. The highest BCUT2D eigenvalue weighted by Gasteiger charge is 2.34. The molecule has 0 bridgehead atoms. The normalized spacial score (nSPS) is 18.3. The summed E-state index contributed by atoms with van der Waals surface area (Å²) in [5, 5.41) is 25.3. The van der Waals surface area contributed by atoms with E-state index in [0.717, 1.165) is 0 Å². The van der Waals surface area contributed by atoms with Crippen molar-refractivity contribution in [3.63, 3.8) is 0 Å². The number of benzene rings is 1. The van der Waals surface area contributed by atoms with E-state index in [9.17, 15) is 19.8 Å². The molecule has 2 rings (SSSR count). The molecule has 0 aliphatic carbocycles. The zero-order valence-electron chi connectivity index (χ0n) is 11.8. The van der Waals surface area contributed by atoms with Crippen LogP contribution in [0, 0.1) is 0 Å². The lowest BCUT2D eigenvalue weighted by Gasteiger charge is -2.35. The van der Waals surface area contributed by atoms with Gasteiger partial charge >= 0.3 is 0 Å². The average molecular weight is 293 g/mol. The van der Waals surface area contributed by atoms with Crippen molar-refractivity contribution in [2.24, 2.45) is 0 Å².